The molecule has 3 aromatic carbocycles. The molecule has 1 saturated heterocycles. The average Bonchev–Trinajstić information content (AvgIpc) is 3.06. The summed E-state index contributed by atoms with van der Waals surface area (Å²) in [7, 11) is 0. The number of likely N-dealkylation sites (N-methyl/N-ethyl adjacent to an activating group) is 1. The fourth-order valence-electron chi connectivity index (χ4n) is 6.29. The first-order chi connectivity index (χ1) is 21.3. The normalized spacial score (nSPS) is 18.5. The van der Waals surface area contributed by atoms with Gasteiger partial charge >= 0.3 is 0 Å². The molecule has 1 fully saturated rings. The number of amides is 2. The molecule has 2 aliphatic rings. The minimum atomic E-state index is -0.670. The number of carbonyl (C=O) groups is 2. The van der Waals surface area contributed by atoms with E-state index >= 15 is 0 Å². The van der Waals surface area contributed by atoms with E-state index in [-0.39, 0.29) is 23.9 Å². The Hall–Kier alpha value is -2.94. The van der Waals surface area contributed by atoms with Crippen molar-refractivity contribution in [3.05, 3.63) is 105 Å². The quantitative estimate of drug-likeness (QED) is 0.312. The van der Waals surface area contributed by atoms with Crippen molar-refractivity contribution in [3.8, 4) is 0 Å². The lowest BCUT2D eigenvalue weighted by Crippen LogP contribution is -2.58. The van der Waals surface area contributed by atoms with E-state index in [1.165, 1.54) is 16.7 Å². The van der Waals surface area contributed by atoms with Crippen molar-refractivity contribution in [2.24, 2.45) is 0 Å². The van der Waals surface area contributed by atoms with Gasteiger partial charge in [-0.3, -0.25) is 14.5 Å². The molecular weight excluding hydrogens is 593 g/mol. The van der Waals surface area contributed by atoms with Crippen LogP contribution in [0.15, 0.2) is 72.8 Å². The van der Waals surface area contributed by atoms with Gasteiger partial charge in [-0.2, -0.15) is 0 Å². The fraction of sp³-hybridized carbons (Fsp3) is 0.429. The number of halogens is 2. The van der Waals surface area contributed by atoms with Crippen LogP contribution in [0.25, 0.3) is 0 Å². The van der Waals surface area contributed by atoms with Crippen molar-refractivity contribution >= 4 is 35.0 Å². The molecule has 0 aliphatic carbocycles. The van der Waals surface area contributed by atoms with Crippen molar-refractivity contribution in [2.75, 3.05) is 45.8 Å². The van der Waals surface area contributed by atoms with E-state index in [1.54, 1.807) is 0 Å². The van der Waals surface area contributed by atoms with Crippen LogP contribution in [0.4, 0.5) is 0 Å². The molecule has 2 heterocycles. The SMILES string of the molecule is CCN(CC)CC(c1ccc(Cl)cc1)N1CCN(C(=O)[C@@H](Cc2ccc(Cl)cc2)NC(=O)[C@H]2Cc3ccccc3CN2)CC1. The third kappa shape index (κ3) is 8.20. The summed E-state index contributed by atoms with van der Waals surface area (Å²) >= 11 is 12.3. The summed E-state index contributed by atoms with van der Waals surface area (Å²) in [6.45, 7) is 10.6. The van der Waals surface area contributed by atoms with Crippen molar-refractivity contribution in [1.29, 1.82) is 0 Å². The Bertz CT molecular complexity index is 1390. The molecule has 2 N–H and O–H groups in total. The molecule has 234 valence electrons. The maximum atomic E-state index is 14.1. The van der Waals surface area contributed by atoms with Gasteiger partial charge in [0.15, 0.2) is 0 Å². The van der Waals surface area contributed by atoms with Crippen molar-refractivity contribution in [1.82, 2.24) is 25.3 Å². The summed E-state index contributed by atoms with van der Waals surface area (Å²) < 4.78 is 0. The second-order valence-corrected chi connectivity index (χ2v) is 12.6. The van der Waals surface area contributed by atoms with Crippen molar-refractivity contribution in [2.45, 2.75) is 51.4 Å². The topological polar surface area (TPSA) is 67.9 Å². The molecule has 0 bridgehead atoms. The molecule has 7 nitrogen and oxygen atoms in total. The summed E-state index contributed by atoms with van der Waals surface area (Å²) in [5.41, 5.74) is 4.57. The van der Waals surface area contributed by atoms with Gasteiger partial charge in [0.25, 0.3) is 0 Å². The van der Waals surface area contributed by atoms with Gasteiger partial charge in [-0.05, 0) is 66.0 Å². The number of hydrogen-bond donors (Lipinski definition) is 2. The molecule has 0 spiro atoms. The molecule has 0 saturated carbocycles. The van der Waals surface area contributed by atoms with Crippen LogP contribution < -0.4 is 10.6 Å². The zero-order chi connectivity index (χ0) is 31.1. The first kappa shape index (κ1) is 32.5. The van der Waals surface area contributed by atoms with Crippen LogP contribution in [-0.2, 0) is 29.0 Å². The highest BCUT2D eigenvalue weighted by atomic mass is 35.5. The highest BCUT2D eigenvalue weighted by Crippen LogP contribution is 2.26. The maximum absolute atomic E-state index is 14.1. The highest BCUT2D eigenvalue weighted by molar-refractivity contribution is 6.30. The van der Waals surface area contributed by atoms with Gasteiger partial charge in [0, 0.05) is 61.8 Å². The lowest BCUT2D eigenvalue weighted by molar-refractivity contribution is -0.138. The zero-order valence-electron chi connectivity index (χ0n) is 25.6. The van der Waals surface area contributed by atoms with Gasteiger partial charge in [0.2, 0.25) is 11.8 Å². The van der Waals surface area contributed by atoms with Gasteiger partial charge in [-0.25, -0.2) is 0 Å². The predicted molar refractivity (Wildman–Crippen MR) is 178 cm³/mol. The first-order valence-corrected chi connectivity index (χ1v) is 16.5. The second kappa shape index (κ2) is 15.4. The molecule has 0 radical (unpaired) electrons. The molecule has 44 heavy (non-hydrogen) atoms. The molecule has 2 aliphatic heterocycles. The number of fused-ring (bicyclic) bond motifs is 1. The number of carbonyl (C=O) groups excluding carboxylic acids is 2. The fourth-order valence-corrected chi connectivity index (χ4v) is 6.54. The lowest BCUT2D eigenvalue weighted by Gasteiger charge is -2.42. The Morgan fingerprint density at radius 1 is 0.886 bits per heavy atom. The molecule has 3 aromatic rings. The molecule has 3 atom stereocenters. The van der Waals surface area contributed by atoms with E-state index in [4.69, 9.17) is 23.2 Å². The average molecular weight is 637 g/mol. The number of nitrogens with one attached hydrogen (secondary N) is 2. The lowest BCUT2D eigenvalue weighted by atomic mass is 9.95. The maximum Gasteiger partial charge on any atom is 0.245 e. The van der Waals surface area contributed by atoms with E-state index in [0.29, 0.717) is 37.5 Å². The van der Waals surface area contributed by atoms with Gasteiger partial charge in [-0.15, -0.1) is 0 Å². The van der Waals surface area contributed by atoms with Crippen LogP contribution in [0.1, 0.15) is 42.1 Å². The van der Waals surface area contributed by atoms with Gasteiger partial charge in [0.1, 0.15) is 6.04 Å². The van der Waals surface area contributed by atoms with E-state index in [0.717, 1.165) is 43.3 Å². The molecule has 9 heteroatoms. The first-order valence-electron chi connectivity index (χ1n) is 15.7. The van der Waals surface area contributed by atoms with Gasteiger partial charge < -0.3 is 20.4 Å². The number of rotatable bonds is 11. The van der Waals surface area contributed by atoms with E-state index in [9.17, 15) is 9.59 Å². The molecule has 1 unspecified atom stereocenters. The Balaban J connectivity index is 1.28. The van der Waals surface area contributed by atoms with Gasteiger partial charge in [0.05, 0.1) is 6.04 Å². The van der Waals surface area contributed by atoms with Crippen LogP contribution in [0.3, 0.4) is 0 Å². The monoisotopic (exact) mass is 635 g/mol. The summed E-state index contributed by atoms with van der Waals surface area (Å²) in [5, 5.41) is 7.85. The second-order valence-electron chi connectivity index (χ2n) is 11.7. The Labute approximate surface area is 271 Å². The van der Waals surface area contributed by atoms with E-state index < -0.39 is 6.04 Å². The number of benzene rings is 3. The molecular formula is C35H43Cl2N5O2. The van der Waals surface area contributed by atoms with Crippen LogP contribution in [0, 0.1) is 0 Å². The third-order valence-corrected chi connectivity index (χ3v) is 9.52. The summed E-state index contributed by atoms with van der Waals surface area (Å²) in [5.74, 6) is -0.191. The van der Waals surface area contributed by atoms with Crippen LogP contribution in [-0.4, -0.2) is 84.4 Å². The molecule has 0 aromatic heterocycles. The minimum absolute atomic E-state index is 0.0454. The molecule has 5 rings (SSSR count). The highest BCUT2D eigenvalue weighted by Gasteiger charge is 2.34. The predicted octanol–water partition coefficient (Wildman–Crippen LogP) is 4.96. The van der Waals surface area contributed by atoms with Crippen molar-refractivity contribution < 1.29 is 9.59 Å². The summed E-state index contributed by atoms with van der Waals surface area (Å²) in [6.07, 6.45) is 1.00. The minimum Gasteiger partial charge on any atom is -0.343 e. The number of hydrogen-bond acceptors (Lipinski definition) is 5. The summed E-state index contributed by atoms with van der Waals surface area (Å²) in [4.78, 5) is 34.4. The Kier molecular flexibility index (Phi) is 11.3. The van der Waals surface area contributed by atoms with Gasteiger partial charge in [-0.1, -0.05) is 85.6 Å². The Morgan fingerprint density at radius 3 is 2.14 bits per heavy atom. The van der Waals surface area contributed by atoms with E-state index in [2.05, 4.69) is 58.5 Å². The van der Waals surface area contributed by atoms with Crippen molar-refractivity contribution in [3.63, 3.8) is 0 Å². The zero-order valence-corrected chi connectivity index (χ0v) is 27.2. The standard InChI is InChI=1S/C35H43Cl2N5O2/c1-3-40(4-2)24-33(26-11-15-30(37)16-12-26)41-17-19-42(20-18-41)35(44)32(21-25-9-13-29(36)14-10-25)39-34(43)31-22-27-7-5-6-8-28(27)23-38-31/h5-16,31-33,38H,3-4,17-24H2,1-2H3,(H,39,43)/t31-,32-,33?/m1/s1. The van der Waals surface area contributed by atoms with Crippen LogP contribution in [0.5, 0.6) is 0 Å². The van der Waals surface area contributed by atoms with Crippen LogP contribution in [0.2, 0.25) is 10.0 Å². The van der Waals surface area contributed by atoms with E-state index in [1.807, 2.05) is 53.4 Å². The third-order valence-electron chi connectivity index (χ3n) is 9.01. The molecule has 2 amide bonds. The van der Waals surface area contributed by atoms with Crippen LogP contribution >= 0.6 is 23.2 Å². The number of nitrogens with zero attached hydrogens (tertiary/aromatic N) is 3. The smallest absolute Gasteiger partial charge is 0.245 e. The largest absolute Gasteiger partial charge is 0.343 e. The Morgan fingerprint density at radius 2 is 1.50 bits per heavy atom. The summed E-state index contributed by atoms with van der Waals surface area (Å²) in [6, 6.07) is 23.0. The number of piperazine rings is 1.